The van der Waals surface area contributed by atoms with E-state index in [1.54, 1.807) is 47.4 Å². The number of carbonyl (C=O) groups excluding carboxylic acids is 2. The summed E-state index contributed by atoms with van der Waals surface area (Å²) in [6.45, 7) is 2.55. The van der Waals surface area contributed by atoms with Crippen molar-refractivity contribution in [2.45, 2.75) is 51.1 Å². The second-order valence-corrected chi connectivity index (χ2v) is 9.64. The summed E-state index contributed by atoms with van der Waals surface area (Å²) in [4.78, 5) is 28.2. The Balaban J connectivity index is 1.30. The molecule has 2 heterocycles. The molecule has 0 spiro atoms. The minimum atomic E-state index is -4.19. The van der Waals surface area contributed by atoms with Crippen LogP contribution in [0, 0.1) is 17.2 Å². The second-order valence-electron chi connectivity index (χ2n) is 9.64. The molecule has 1 aliphatic carbocycles. The van der Waals surface area contributed by atoms with E-state index in [0.717, 1.165) is 5.56 Å². The van der Waals surface area contributed by atoms with Crippen molar-refractivity contribution < 1.29 is 22.8 Å². The number of fused-ring (bicyclic) bond motifs is 1. The van der Waals surface area contributed by atoms with Crippen LogP contribution in [0.2, 0.25) is 0 Å². The summed E-state index contributed by atoms with van der Waals surface area (Å²) in [7, 11) is 0. The average Bonchev–Trinajstić information content (AvgIpc) is 3.27. The number of aromatic nitrogens is 2. The van der Waals surface area contributed by atoms with Crippen LogP contribution in [-0.2, 0) is 13.1 Å². The van der Waals surface area contributed by atoms with Gasteiger partial charge in [-0.2, -0.15) is 23.5 Å². The highest BCUT2D eigenvalue weighted by Gasteiger charge is 2.49. The summed E-state index contributed by atoms with van der Waals surface area (Å²) < 4.78 is 40.5. The lowest BCUT2D eigenvalue weighted by molar-refractivity contribution is -0.203. The molecule has 5 rings (SSSR count). The number of nitrogens with zero attached hydrogens (tertiary/aromatic N) is 4. The van der Waals surface area contributed by atoms with Gasteiger partial charge in [0.25, 0.3) is 11.8 Å². The molecule has 1 fully saturated rings. The number of alkyl halides is 3. The quantitative estimate of drug-likeness (QED) is 0.497. The number of amides is 2. The molecule has 8 nitrogen and oxygen atoms in total. The first-order valence-electron chi connectivity index (χ1n) is 12.3. The van der Waals surface area contributed by atoms with Crippen LogP contribution < -0.4 is 15.5 Å². The summed E-state index contributed by atoms with van der Waals surface area (Å²) in [5, 5.41) is 19.0. The first-order chi connectivity index (χ1) is 18.2. The third-order valence-electron chi connectivity index (χ3n) is 7.11. The summed E-state index contributed by atoms with van der Waals surface area (Å²) in [6, 6.07) is 14.7. The van der Waals surface area contributed by atoms with Gasteiger partial charge >= 0.3 is 6.18 Å². The molecule has 0 radical (unpaired) electrons. The lowest BCUT2D eigenvalue weighted by Gasteiger charge is -2.38. The van der Waals surface area contributed by atoms with E-state index in [1.807, 2.05) is 13.0 Å². The second kappa shape index (κ2) is 9.95. The molecule has 1 saturated carbocycles. The van der Waals surface area contributed by atoms with Crippen molar-refractivity contribution in [1.82, 2.24) is 15.1 Å². The molecule has 0 bridgehead atoms. The van der Waals surface area contributed by atoms with Gasteiger partial charge in [0.15, 0.2) is 0 Å². The molecular weight excluding hydrogens is 497 g/mol. The third kappa shape index (κ3) is 4.87. The molecule has 3 atom stereocenters. The summed E-state index contributed by atoms with van der Waals surface area (Å²) in [5.74, 6) is -2.20. The topological polar surface area (TPSA) is 103 Å². The van der Waals surface area contributed by atoms with Crippen molar-refractivity contribution in [3.8, 4) is 6.07 Å². The van der Waals surface area contributed by atoms with Crippen LogP contribution in [0.25, 0.3) is 0 Å². The van der Waals surface area contributed by atoms with Gasteiger partial charge in [-0.1, -0.05) is 18.2 Å². The van der Waals surface area contributed by atoms with Crippen molar-refractivity contribution >= 4 is 23.2 Å². The molecule has 11 heteroatoms. The molecule has 2 N–H and O–H groups in total. The molecule has 2 unspecified atom stereocenters. The van der Waals surface area contributed by atoms with Gasteiger partial charge in [0.2, 0.25) is 0 Å². The van der Waals surface area contributed by atoms with Crippen molar-refractivity contribution in [3.63, 3.8) is 0 Å². The average molecular weight is 523 g/mol. The molecule has 1 aliphatic heterocycles. The Morgan fingerprint density at radius 3 is 2.61 bits per heavy atom. The maximum Gasteiger partial charge on any atom is 0.393 e. The predicted molar refractivity (Wildman–Crippen MR) is 133 cm³/mol. The number of nitriles is 1. The third-order valence-corrected chi connectivity index (χ3v) is 7.11. The number of anilines is 2. The smallest absolute Gasteiger partial charge is 0.322 e. The highest BCUT2D eigenvalue weighted by Crippen LogP contribution is 2.41. The first-order valence-corrected chi connectivity index (χ1v) is 12.3. The van der Waals surface area contributed by atoms with E-state index < -0.39 is 24.0 Å². The maximum absolute atomic E-state index is 13.6. The summed E-state index contributed by atoms with van der Waals surface area (Å²) >= 11 is 0. The van der Waals surface area contributed by atoms with Crippen molar-refractivity contribution in [3.05, 3.63) is 77.1 Å². The molecule has 0 saturated heterocycles. The lowest BCUT2D eigenvalue weighted by Crippen LogP contribution is -2.50. The number of hydrogen-bond acceptors (Lipinski definition) is 5. The molecule has 2 aromatic carbocycles. The first kappa shape index (κ1) is 25.5. The van der Waals surface area contributed by atoms with Gasteiger partial charge in [0.05, 0.1) is 41.9 Å². The zero-order valence-electron chi connectivity index (χ0n) is 20.5. The molecule has 38 heavy (non-hydrogen) atoms. The van der Waals surface area contributed by atoms with Gasteiger partial charge in [0, 0.05) is 24.0 Å². The minimum absolute atomic E-state index is 0.120. The highest BCUT2D eigenvalue weighted by molar-refractivity contribution is 6.15. The van der Waals surface area contributed by atoms with Crippen LogP contribution in [0.15, 0.2) is 54.7 Å². The number of nitrogens with one attached hydrogen (secondary N) is 2. The number of hydrogen-bond donors (Lipinski definition) is 2. The normalized spacial score (nSPS) is 20.9. The summed E-state index contributed by atoms with van der Waals surface area (Å²) in [5.41, 5.74) is 2.52. The van der Waals surface area contributed by atoms with E-state index >= 15 is 0 Å². The molecule has 1 aromatic heterocycles. The van der Waals surface area contributed by atoms with Gasteiger partial charge < -0.3 is 15.5 Å². The van der Waals surface area contributed by atoms with Crippen LogP contribution in [0.4, 0.5) is 24.5 Å². The van der Waals surface area contributed by atoms with Crippen LogP contribution in [-0.4, -0.2) is 39.9 Å². The number of rotatable bonds is 6. The van der Waals surface area contributed by atoms with Gasteiger partial charge in [-0.3, -0.25) is 14.3 Å². The fourth-order valence-electron chi connectivity index (χ4n) is 4.96. The SMILES string of the molecule is C[C@H]1Cn2ncc(C(=O)Nc3cccc(C#N)c3)c2C(=O)N1c1ccc(CNC2CCC2C(F)(F)F)cc1. The van der Waals surface area contributed by atoms with Gasteiger partial charge in [-0.05, 0) is 55.7 Å². The van der Waals surface area contributed by atoms with Crippen LogP contribution in [0.1, 0.15) is 51.7 Å². The number of carbonyl (C=O) groups is 2. The number of halogens is 3. The minimum Gasteiger partial charge on any atom is -0.322 e. The van der Waals surface area contributed by atoms with E-state index in [1.165, 1.54) is 16.9 Å². The Labute approximate surface area is 217 Å². The zero-order valence-corrected chi connectivity index (χ0v) is 20.5. The standard InChI is InChI=1S/C27H25F3N6O2/c1-16-15-35-24(21(14-33-35)25(37)34-19-4-2-3-18(11-19)12-31)26(38)36(16)20-7-5-17(6-8-20)13-32-23-10-9-22(23)27(28,29)30/h2-8,11,14,16,22-23,32H,9-10,13,15H2,1H3,(H,34,37)/t16-,22?,23?/m0/s1. The maximum atomic E-state index is 13.6. The molecule has 2 aliphatic rings. The fraction of sp³-hybridized carbons (Fsp3) is 0.333. The Hall–Kier alpha value is -4.17. The highest BCUT2D eigenvalue weighted by atomic mass is 19.4. The van der Waals surface area contributed by atoms with Gasteiger partial charge in [-0.25, -0.2) is 0 Å². The summed E-state index contributed by atoms with van der Waals surface area (Å²) in [6.07, 6.45) is -2.18. The van der Waals surface area contributed by atoms with Gasteiger partial charge in [-0.15, -0.1) is 0 Å². The predicted octanol–water partition coefficient (Wildman–Crippen LogP) is 4.49. The Bertz CT molecular complexity index is 1410. The Kier molecular flexibility index (Phi) is 6.67. The largest absolute Gasteiger partial charge is 0.393 e. The molecule has 196 valence electrons. The molecule has 2 amide bonds. The van der Waals surface area contributed by atoms with Crippen LogP contribution in [0.5, 0.6) is 0 Å². The Morgan fingerprint density at radius 2 is 1.95 bits per heavy atom. The lowest BCUT2D eigenvalue weighted by atomic mass is 9.79. The van der Waals surface area contributed by atoms with Crippen LogP contribution in [0.3, 0.4) is 0 Å². The Morgan fingerprint density at radius 1 is 1.18 bits per heavy atom. The molecular formula is C27H25F3N6O2. The van der Waals surface area contributed by atoms with Crippen molar-refractivity contribution in [2.75, 3.05) is 10.2 Å². The van der Waals surface area contributed by atoms with E-state index in [4.69, 9.17) is 5.26 Å². The molecule has 3 aromatic rings. The van der Waals surface area contributed by atoms with Crippen molar-refractivity contribution in [1.29, 1.82) is 5.26 Å². The zero-order chi connectivity index (χ0) is 27.0. The monoisotopic (exact) mass is 522 g/mol. The van der Waals surface area contributed by atoms with E-state index in [0.29, 0.717) is 36.4 Å². The van der Waals surface area contributed by atoms with Gasteiger partial charge in [0.1, 0.15) is 5.69 Å². The van der Waals surface area contributed by atoms with Crippen LogP contribution >= 0.6 is 0 Å². The van der Waals surface area contributed by atoms with E-state index in [2.05, 4.69) is 15.7 Å². The number of benzene rings is 2. The van der Waals surface area contributed by atoms with E-state index in [-0.39, 0.29) is 29.6 Å². The van der Waals surface area contributed by atoms with Crippen molar-refractivity contribution in [2.24, 2.45) is 5.92 Å². The van der Waals surface area contributed by atoms with E-state index in [9.17, 15) is 22.8 Å². The fourth-order valence-corrected chi connectivity index (χ4v) is 4.96.